The van der Waals surface area contributed by atoms with Gasteiger partial charge >= 0.3 is 0 Å². The maximum atomic E-state index is 10.8. The largest absolute Gasteiger partial charge is 0.291 e. The molecule has 5 nitrogen and oxygen atoms in total. The second-order valence-electron chi connectivity index (χ2n) is 2.56. The summed E-state index contributed by atoms with van der Waals surface area (Å²) < 4.78 is 0. The van der Waals surface area contributed by atoms with Gasteiger partial charge < -0.3 is 0 Å². The minimum absolute atomic E-state index is 0.0482. The summed E-state index contributed by atoms with van der Waals surface area (Å²) in [5.41, 5.74) is 4.15. The van der Waals surface area contributed by atoms with Gasteiger partial charge in [-0.1, -0.05) is 0 Å². The molecule has 0 aromatic carbocycles. The third kappa shape index (κ3) is 1.24. The second kappa shape index (κ2) is 2.60. The summed E-state index contributed by atoms with van der Waals surface area (Å²) in [5.74, 6) is 0.0482. The molecule has 2 heterocycles. The summed E-state index contributed by atoms with van der Waals surface area (Å²) in [5, 5.41) is 7.25. The molecule has 0 amide bonds. The van der Waals surface area contributed by atoms with Crippen LogP contribution in [0.2, 0.25) is 0 Å². The number of hydrazone groups is 1. The van der Waals surface area contributed by atoms with Crippen molar-refractivity contribution in [1.29, 1.82) is 0 Å². The van der Waals surface area contributed by atoms with Crippen LogP contribution in [-0.4, -0.2) is 41.9 Å². The fourth-order valence-corrected chi connectivity index (χ4v) is 1.15. The lowest BCUT2D eigenvalue weighted by Gasteiger charge is -2.22. The molecule has 0 aromatic rings. The molecule has 0 unspecified atom stereocenters. The van der Waals surface area contributed by atoms with Gasteiger partial charge in [0.25, 0.3) is 0 Å². The van der Waals surface area contributed by atoms with E-state index in [4.69, 9.17) is 0 Å². The molecule has 2 aliphatic heterocycles. The van der Waals surface area contributed by atoms with Gasteiger partial charge in [0.15, 0.2) is 5.78 Å². The van der Waals surface area contributed by atoms with Crippen LogP contribution in [0.15, 0.2) is 5.10 Å². The number of rotatable bonds is 1. The van der Waals surface area contributed by atoms with E-state index in [1.807, 2.05) is 0 Å². The van der Waals surface area contributed by atoms with E-state index in [0.29, 0.717) is 6.54 Å². The predicted molar refractivity (Wildman–Crippen MR) is 38.5 cm³/mol. The standard InChI is InChI=1S/C6H9N4O/c11-6-4-8-10(5-6)9-3-1-2-7-9/h4H,1-3,5H2. The van der Waals surface area contributed by atoms with Crippen molar-refractivity contribution in [3.63, 3.8) is 0 Å². The third-order valence-electron chi connectivity index (χ3n) is 1.68. The van der Waals surface area contributed by atoms with Crippen LogP contribution in [0.5, 0.6) is 0 Å². The van der Waals surface area contributed by atoms with Crippen LogP contribution in [-0.2, 0) is 4.79 Å². The van der Waals surface area contributed by atoms with E-state index in [1.165, 1.54) is 6.21 Å². The number of nitrogens with zero attached hydrogens (tertiary/aromatic N) is 4. The molecule has 0 atom stereocenters. The normalized spacial score (nSPS) is 25.5. The highest BCUT2D eigenvalue weighted by molar-refractivity contribution is 6.29. The van der Waals surface area contributed by atoms with E-state index in [1.54, 1.807) is 10.2 Å². The summed E-state index contributed by atoms with van der Waals surface area (Å²) in [4.78, 5) is 10.8. The average Bonchev–Trinajstić information content (AvgIpc) is 2.55. The fraction of sp³-hybridized carbons (Fsp3) is 0.667. The lowest BCUT2D eigenvalue weighted by molar-refractivity contribution is -0.117. The van der Waals surface area contributed by atoms with E-state index in [-0.39, 0.29) is 5.78 Å². The van der Waals surface area contributed by atoms with Crippen molar-refractivity contribution in [2.75, 3.05) is 19.6 Å². The van der Waals surface area contributed by atoms with Crippen LogP contribution in [0.25, 0.3) is 0 Å². The van der Waals surface area contributed by atoms with Crippen LogP contribution in [0.1, 0.15) is 6.42 Å². The fourth-order valence-electron chi connectivity index (χ4n) is 1.15. The molecule has 1 fully saturated rings. The Hall–Kier alpha value is -0.940. The maximum absolute atomic E-state index is 10.8. The van der Waals surface area contributed by atoms with Gasteiger partial charge in [0.2, 0.25) is 0 Å². The molecule has 0 spiro atoms. The first-order chi connectivity index (χ1) is 5.36. The monoisotopic (exact) mass is 153 g/mol. The van der Waals surface area contributed by atoms with Gasteiger partial charge in [-0.15, -0.1) is 10.5 Å². The Morgan fingerprint density at radius 3 is 2.91 bits per heavy atom. The van der Waals surface area contributed by atoms with E-state index < -0.39 is 0 Å². The molecule has 1 radical (unpaired) electrons. The Labute approximate surface area is 64.6 Å². The number of carbonyl (C=O) groups excluding carboxylic acids is 1. The Balaban J connectivity index is 1.96. The summed E-state index contributed by atoms with van der Waals surface area (Å²) in [7, 11) is 0. The summed E-state index contributed by atoms with van der Waals surface area (Å²) in [6.07, 6.45) is 2.40. The molecule has 5 heteroatoms. The van der Waals surface area contributed by atoms with Gasteiger partial charge in [-0.2, -0.15) is 5.10 Å². The zero-order valence-corrected chi connectivity index (χ0v) is 6.10. The Morgan fingerprint density at radius 2 is 2.36 bits per heavy atom. The van der Waals surface area contributed by atoms with E-state index in [9.17, 15) is 4.79 Å². The minimum atomic E-state index is 0.0482. The number of hydrogen-bond acceptors (Lipinski definition) is 4. The molecule has 11 heavy (non-hydrogen) atoms. The molecular weight excluding hydrogens is 144 g/mol. The first-order valence-electron chi connectivity index (χ1n) is 3.65. The Bertz CT molecular complexity index is 197. The zero-order chi connectivity index (χ0) is 7.68. The quantitative estimate of drug-likeness (QED) is 0.485. The number of carbonyl (C=O) groups is 1. The topological polar surface area (TPSA) is 50.0 Å². The molecular formula is C6H9N4O. The van der Waals surface area contributed by atoms with Crippen molar-refractivity contribution in [3.8, 4) is 0 Å². The smallest absolute Gasteiger partial charge is 0.198 e. The molecule has 0 saturated carbocycles. The predicted octanol–water partition coefficient (Wildman–Crippen LogP) is -1.00. The van der Waals surface area contributed by atoms with Crippen molar-refractivity contribution in [1.82, 2.24) is 15.7 Å². The highest BCUT2D eigenvalue weighted by Gasteiger charge is 2.23. The van der Waals surface area contributed by atoms with Crippen LogP contribution in [0.4, 0.5) is 0 Å². The summed E-state index contributed by atoms with van der Waals surface area (Å²) >= 11 is 0. The van der Waals surface area contributed by atoms with Gasteiger partial charge in [-0.3, -0.25) is 4.79 Å². The highest BCUT2D eigenvalue weighted by Crippen LogP contribution is 2.06. The number of Topliss-reactive ketones (excluding diaryl/α,β-unsaturated/α-hetero) is 1. The molecule has 0 bridgehead atoms. The third-order valence-corrected chi connectivity index (χ3v) is 1.68. The molecule has 0 N–H and O–H groups in total. The molecule has 2 rings (SSSR count). The van der Waals surface area contributed by atoms with Crippen LogP contribution < -0.4 is 5.43 Å². The summed E-state index contributed by atoms with van der Waals surface area (Å²) in [6, 6.07) is 0. The van der Waals surface area contributed by atoms with Crippen molar-refractivity contribution in [2.45, 2.75) is 6.42 Å². The van der Waals surface area contributed by atoms with Crippen molar-refractivity contribution in [3.05, 3.63) is 0 Å². The van der Waals surface area contributed by atoms with Crippen molar-refractivity contribution in [2.24, 2.45) is 5.10 Å². The van der Waals surface area contributed by atoms with Gasteiger partial charge in [0, 0.05) is 13.1 Å². The zero-order valence-electron chi connectivity index (χ0n) is 6.10. The maximum Gasteiger partial charge on any atom is 0.198 e. The van der Waals surface area contributed by atoms with Crippen LogP contribution in [0, 0.1) is 0 Å². The van der Waals surface area contributed by atoms with Crippen molar-refractivity contribution < 1.29 is 4.79 Å². The number of ketones is 1. The summed E-state index contributed by atoms with van der Waals surface area (Å²) in [6.45, 7) is 2.08. The van der Waals surface area contributed by atoms with Gasteiger partial charge in [0.05, 0.1) is 6.21 Å². The first kappa shape index (κ1) is 6.75. The Kier molecular flexibility index (Phi) is 1.59. The average molecular weight is 153 g/mol. The minimum Gasteiger partial charge on any atom is -0.291 e. The van der Waals surface area contributed by atoms with E-state index in [0.717, 1.165) is 19.5 Å². The van der Waals surface area contributed by atoms with Gasteiger partial charge in [-0.05, 0) is 6.42 Å². The van der Waals surface area contributed by atoms with E-state index >= 15 is 0 Å². The second-order valence-corrected chi connectivity index (χ2v) is 2.56. The lowest BCUT2D eigenvalue weighted by Crippen LogP contribution is -2.39. The molecule has 59 valence electrons. The van der Waals surface area contributed by atoms with Crippen molar-refractivity contribution >= 4 is 12.0 Å². The van der Waals surface area contributed by atoms with Gasteiger partial charge in [0.1, 0.15) is 6.54 Å². The Morgan fingerprint density at radius 1 is 1.45 bits per heavy atom. The molecule has 0 aromatic heterocycles. The SMILES string of the molecule is O=C1C=NN(N2CCC[N]2)C1. The molecule has 0 aliphatic carbocycles. The number of hydrogen-bond donors (Lipinski definition) is 0. The van der Waals surface area contributed by atoms with Crippen LogP contribution >= 0.6 is 0 Å². The highest BCUT2D eigenvalue weighted by atomic mass is 16.1. The van der Waals surface area contributed by atoms with Crippen LogP contribution in [0.3, 0.4) is 0 Å². The molecule has 2 aliphatic rings. The first-order valence-corrected chi connectivity index (χ1v) is 3.65. The van der Waals surface area contributed by atoms with Gasteiger partial charge in [-0.25, -0.2) is 5.12 Å². The van der Waals surface area contributed by atoms with E-state index in [2.05, 4.69) is 10.5 Å². The molecule has 1 saturated heterocycles. The lowest BCUT2D eigenvalue weighted by atomic mass is 10.4. The number of hydrazine groups is 1.